The molecule has 1 aromatic carbocycles. The largest absolute Gasteiger partial charge is 0.317 e. The molecule has 1 saturated carbocycles. The van der Waals surface area contributed by atoms with Gasteiger partial charge in [0.25, 0.3) is 0 Å². The summed E-state index contributed by atoms with van der Waals surface area (Å²) in [7, 11) is 0. The van der Waals surface area contributed by atoms with Crippen molar-refractivity contribution in [2.75, 3.05) is 39.3 Å². The number of hydrogen-bond donors (Lipinski definition) is 1. The Balaban J connectivity index is 1.55. The maximum absolute atomic E-state index is 3.55. The van der Waals surface area contributed by atoms with E-state index in [1.165, 1.54) is 65.0 Å². The summed E-state index contributed by atoms with van der Waals surface area (Å²) in [4.78, 5) is 5.54. The van der Waals surface area contributed by atoms with Crippen molar-refractivity contribution >= 4 is 0 Å². The van der Waals surface area contributed by atoms with Gasteiger partial charge in [0.05, 0.1) is 0 Å². The molecule has 0 aromatic heterocycles. The van der Waals surface area contributed by atoms with Crippen molar-refractivity contribution < 1.29 is 0 Å². The molecule has 3 aliphatic rings. The van der Waals surface area contributed by atoms with Crippen LogP contribution in [0.4, 0.5) is 0 Å². The van der Waals surface area contributed by atoms with E-state index in [-0.39, 0.29) is 0 Å². The van der Waals surface area contributed by atoms with Crippen LogP contribution in [-0.4, -0.2) is 55.1 Å². The molecule has 1 unspecified atom stereocenters. The van der Waals surface area contributed by atoms with Crippen molar-refractivity contribution in [3.05, 3.63) is 35.4 Å². The molecule has 1 aromatic rings. The normalized spacial score (nSPS) is 27.8. The molecule has 0 amide bonds. The number of piperidine rings is 1. The lowest BCUT2D eigenvalue weighted by molar-refractivity contribution is -0.0633. The van der Waals surface area contributed by atoms with Crippen molar-refractivity contribution in [3.63, 3.8) is 0 Å². The molecule has 26 heavy (non-hydrogen) atoms. The van der Waals surface area contributed by atoms with Gasteiger partial charge in [0, 0.05) is 31.7 Å². The summed E-state index contributed by atoms with van der Waals surface area (Å²) in [5, 5.41) is 3.55. The second-order valence-electron chi connectivity index (χ2n) is 9.24. The first-order valence-corrected chi connectivity index (χ1v) is 10.9. The lowest BCUT2D eigenvalue weighted by Gasteiger charge is -2.57. The van der Waals surface area contributed by atoms with Gasteiger partial charge in [-0.2, -0.15) is 0 Å². The van der Waals surface area contributed by atoms with Crippen LogP contribution < -0.4 is 5.32 Å². The van der Waals surface area contributed by atoms with Crippen LogP contribution in [0.5, 0.6) is 0 Å². The zero-order chi connectivity index (χ0) is 18.1. The van der Waals surface area contributed by atoms with Gasteiger partial charge in [-0.05, 0) is 67.8 Å². The zero-order valence-corrected chi connectivity index (χ0v) is 17.0. The van der Waals surface area contributed by atoms with E-state index in [9.17, 15) is 0 Å². The van der Waals surface area contributed by atoms with E-state index in [0.29, 0.717) is 17.4 Å². The summed E-state index contributed by atoms with van der Waals surface area (Å²) in [6.07, 6.45) is 5.65. The monoisotopic (exact) mass is 355 g/mol. The van der Waals surface area contributed by atoms with Crippen LogP contribution in [0, 0.1) is 5.41 Å². The molecular formula is C23H37N3. The highest BCUT2D eigenvalue weighted by Crippen LogP contribution is 2.51. The van der Waals surface area contributed by atoms with Crippen molar-refractivity contribution in [3.8, 4) is 0 Å². The van der Waals surface area contributed by atoms with E-state index < -0.39 is 0 Å². The lowest BCUT2D eigenvalue weighted by atomic mass is 9.60. The van der Waals surface area contributed by atoms with Crippen molar-refractivity contribution in [1.29, 1.82) is 0 Å². The van der Waals surface area contributed by atoms with Gasteiger partial charge in [0.1, 0.15) is 0 Å². The third-order valence-electron chi connectivity index (χ3n) is 7.40. The molecule has 144 valence electrons. The first-order valence-electron chi connectivity index (χ1n) is 10.9. The number of piperazine rings is 1. The molecule has 2 aliphatic heterocycles. The fraction of sp³-hybridized carbons (Fsp3) is 0.739. The Morgan fingerprint density at radius 1 is 1.12 bits per heavy atom. The van der Waals surface area contributed by atoms with Gasteiger partial charge >= 0.3 is 0 Å². The summed E-state index contributed by atoms with van der Waals surface area (Å²) in [5.41, 5.74) is 3.81. The van der Waals surface area contributed by atoms with Crippen LogP contribution in [-0.2, 0) is 0 Å². The molecule has 2 saturated heterocycles. The van der Waals surface area contributed by atoms with E-state index in [1.54, 1.807) is 11.1 Å². The van der Waals surface area contributed by atoms with E-state index >= 15 is 0 Å². The van der Waals surface area contributed by atoms with Crippen molar-refractivity contribution in [1.82, 2.24) is 15.1 Å². The maximum atomic E-state index is 3.55. The van der Waals surface area contributed by atoms with Gasteiger partial charge in [-0.15, -0.1) is 0 Å². The molecule has 2 heterocycles. The SMILES string of the molecule is CCN1CCN(C2CC3(CCNCC3)C2)C(c2ccccc2C(C)C)C1. The molecular weight excluding hydrogens is 318 g/mol. The Labute approximate surface area is 160 Å². The maximum Gasteiger partial charge on any atom is 0.0481 e. The molecule has 3 nitrogen and oxygen atoms in total. The molecule has 4 rings (SSSR count). The third kappa shape index (κ3) is 3.46. The number of benzene rings is 1. The summed E-state index contributed by atoms with van der Waals surface area (Å²) >= 11 is 0. The lowest BCUT2D eigenvalue weighted by Crippen LogP contribution is -2.59. The highest BCUT2D eigenvalue weighted by Gasteiger charge is 2.48. The third-order valence-corrected chi connectivity index (χ3v) is 7.40. The molecule has 0 radical (unpaired) electrons. The minimum absolute atomic E-state index is 0.575. The predicted octanol–water partition coefficient (Wildman–Crippen LogP) is 4.02. The quantitative estimate of drug-likeness (QED) is 0.880. The van der Waals surface area contributed by atoms with E-state index in [1.807, 2.05) is 0 Å². The first kappa shape index (κ1) is 18.5. The minimum Gasteiger partial charge on any atom is -0.317 e. The molecule has 1 spiro atoms. The smallest absolute Gasteiger partial charge is 0.0481 e. The highest BCUT2D eigenvalue weighted by molar-refractivity contribution is 5.33. The van der Waals surface area contributed by atoms with Gasteiger partial charge in [-0.25, -0.2) is 0 Å². The summed E-state index contributed by atoms with van der Waals surface area (Å²) in [6.45, 7) is 14.3. The van der Waals surface area contributed by atoms with E-state index in [2.05, 4.69) is 60.2 Å². The molecule has 0 bridgehead atoms. The summed E-state index contributed by atoms with van der Waals surface area (Å²) in [6, 6.07) is 10.6. The molecule has 3 fully saturated rings. The summed E-state index contributed by atoms with van der Waals surface area (Å²) in [5.74, 6) is 0.599. The van der Waals surface area contributed by atoms with Gasteiger partial charge in [-0.1, -0.05) is 45.0 Å². The van der Waals surface area contributed by atoms with Gasteiger partial charge in [-0.3, -0.25) is 4.90 Å². The number of likely N-dealkylation sites (N-methyl/N-ethyl adjacent to an activating group) is 1. The number of hydrogen-bond acceptors (Lipinski definition) is 3. The van der Waals surface area contributed by atoms with Gasteiger partial charge in [0.2, 0.25) is 0 Å². The van der Waals surface area contributed by atoms with Crippen molar-refractivity contribution in [2.24, 2.45) is 5.41 Å². The minimum atomic E-state index is 0.575. The Hall–Kier alpha value is -0.900. The Kier molecular flexibility index (Phi) is 5.41. The topological polar surface area (TPSA) is 18.5 Å². The fourth-order valence-corrected chi connectivity index (χ4v) is 5.73. The zero-order valence-electron chi connectivity index (χ0n) is 17.0. The Morgan fingerprint density at radius 3 is 2.54 bits per heavy atom. The number of nitrogens with zero attached hydrogens (tertiary/aromatic N) is 2. The van der Waals surface area contributed by atoms with Gasteiger partial charge in [0.15, 0.2) is 0 Å². The van der Waals surface area contributed by atoms with Crippen LogP contribution in [0.2, 0.25) is 0 Å². The Morgan fingerprint density at radius 2 is 1.85 bits per heavy atom. The average Bonchev–Trinajstić information content (AvgIpc) is 2.66. The number of nitrogens with one attached hydrogen (secondary N) is 1. The van der Waals surface area contributed by atoms with Crippen LogP contribution >= 0.6 is 0 Å². The second-order valence-corrected chi connectivity index (χ2v) is 9.24. The van der Waals surface area contributed by atoms with Gasteiger partial charge < -0.3 is 10.2 Å². The number of rotatable bonds is 4. The molecule has 3 heteroatoms. The van der Waals surface area contributed by atoms with Crippen molar-refractivity contribution in [2.45, 2.75) is 64.5 Å². The van der Waals surface area contributed by atoms with E-state index in [0.717, 1.165) is 6.04 Å². The Bertz CT molecular complexity index is 597. The standard InChI is InChI=1S/C23H37N3/c1-4-25-13-14-26(19-15-23(16-19)9-11-24-12-10-23)22(17-25)21-8-6-5-7-20(21)18(2)3/h5-8,18-19,22,24H,4,9-17H2,1-3H3. The van der Waals surface area contributed by atoms with E-state index in [4.69, 9.17) is 0 Å². The predicted molar refractivity (Wildman–Crippen MR) is 110 cm³/mol. The molecule has 1 N–H and O–H groups in total. The highest BCUT2D eigenvalue weighted by atomic mass is 15.3. The van der Waals surface area contributed by atoms with Crippen LogP contribution in [0.3, 0.4) is 0 Å². The average molecular weight is 356 g/mol. The first-order chi connectivity index (χ1) is 12.6. The fourth-order valence-electron chi connectivity index (χ4n) is 5.73. The summed E-state index contributed by atoms with van der Waals surface area (Å²) < 4.78 is 0. The van der Waals surface area contributed by atoms with Crippen LogP contribution in [0.25, 0.3) is 0 Å². The molecule has 1 aliphatic carbocycles. The van der Waals surface area contributed by atoms with Crippen LogP contribution in [0.15, 0.2) is 24.3 Å². The second kappa shape index (κ2) is 7.61. The van der Waals surface area contributed by atoms with Crippen LogP contribution in [0.1, 0.15) is 69.5 Å². The molecule has 1 atom stereocenters.